The Morgan fingerprint density at radius 1 is 1.35 bits per heavy atom. The molecule has 1 aromatic rings. The highest BCUT2D eigenvalue weighted by atomic mass is 79.9. The van der Waals surface area contributed by atoms with Gasteiger partial charge in [-0.1, -0.05) is 19.9 Å². The number of aryl methyl sites for hydroxylation is 1. The van der Waals surface area contributed by atoms with Crippen LogP contribution in [0.15, 0.2) is 22.7 Å². The standard InChI is InChI=1S/C16H24BrNO2/c1-11(2)18-9-13-5-6-14(20-13)10-19-16-7-4-12(3)8-15(16)17/h4,7-8,11,13-14,18H,5-6,9-10H2,1-3H3. The molecule has 0 aliphatic carbocycles. The molecule has 0 radical (unpaired) electrons. The Hall–Kier alpha value is -0.580. The van der Waals surface area contributed by atoms with Crippen LogP contribution in [0.4, 0.5) is 0 Å². The summed E-state index contributed by atoms with van der Waals surface area (Å²) in [7, 11) is 0. The van der Waals surface area contributed by atoms with E-state index in [1.54, 1.807) is 0 Å². The van der Waals surface area contributed by atoms with Gasteiger partial charge in [-0.15, -0.1) is 0 Å². The van der Waals surface area contributed by atoms with Crippen LogP contribution in [0.25, 0.3) is 0 Å². The minimum Gasteiger partial charge on any atom is -0.490 e. The molecule has 1 aliphatic heterocycles. The van der Waals surface area contributed by atoms with Gasteiger partial charge in [0.1, 0.15) is 12.4 Å². The fraction of sp³-hybridized carbons (Fsp3) is 0.625. The van der Waals surface area contributed by atoms with E-state index in [0.717, 1.165) is 29.6 Å². The summed E-state index contributed by atoms with van der Waals surface area (Å²) in [5.74, 6) is 0.892. The summed E-state index contributed by atoms with van der Waals surface area (Å²) in [6.45, 7) is 7.94. The predicted octanol–water partition coefficient (Wildman–Crippen LogP) is 3.68. The third kappa shape index (κ3) is 4.76. The number of rotatable bonds is 6. The van der Waals surface area contributed by atoms with Crippen molar-refractivity contribution in [2.75, 3.05) is 13.2 Å². The van der Waals surface area contributed by atoms with Crippen LogP contribution in [0.5, 0.6) is 5.75 Å². The Morgan fingerprint density at radius 3 is 2.80 bits per heavy atom. The monoisotopic (exact) mass is 341 g/mol. The van der Waals surface area contributed by atoms with Crippen LogP contribution in [0.1, 0.15) is 32.3 Å². The molecule has 2 unspecified atom stereocenters. The van der Waals surface area contributed by atoms with Crippen LogP contribution in [0.2, 0.25) is 0 Å². The van der Waals surface area contributed by atoms with Crippen LogP contribution in [-0.4, -0.2) is 31.4 Å². The minimum absolute atomic E-state index is 0.210. The van der Waals surface area contributed by atoms with Crippen molar-refractivity contribution >= 4 is 15.9 Å². The normalized spacial score (nSPS) is 22.4. The Bertz CT molecular complexity index is 436. The summed E-state index contributed by atoms with van der Waals surface area (Å²) in [6.07, 6.45) is 2.73. The molecule has 1 aromatic carbocycles. The van der Waals surface area contributed by atoms with Gasteiger partial charge in [0.25, 0.3) is 0 Å². The van der Waals surface area contributed by atoms with Gasteiger partial charge in [0.15, 0.2) is 0 Å². The van der Waals surface area contributed by atoms with Crippen LogP contribution < -0.4 is 10.1 Å². The molecule has 2 rings (SSSR count). The van der Waals surface area contributed by atoms with Gasteiger partial charge in [-0.25, -0.2) is 0 Å². The molecular weight excluding hydrogens is 318 g/mol. The molecule has 0 bridgehead atoms. The first kappa shape index (κ1) is 15.8. The van der Waals surface area contributed by atoms with Gasteiger partial charge < -0.3 is 14.8 Å². The smallest absolute Gasteiger partial charge is 0.133 e. The second kappa shape index (κ2) is 7.43. The highest BCUT2D eigenvalue weighted by Crippen LogP contribution is 2.27. The van der Waals surface area contributed by atoms with E-state index >= 15 is 0 Å². The van der Waals surface area contributed by atoms with Crippen molar-refractivity contribution in [2.45, 2.75) is 51.9 Å². The van der Waals surface area contributed by atoms with Crippen molar-refractivity contribution in [1.29, 1.82) is 0 Å². The van der Waals surface area contributed by atoms with E-state index in [9.17, 15) is 0 Å². The maximum atomic E-state index is 5.99. The van der Waals surface area contributed by atoms with Gasteiger partial charge in [-0.3, -0.25) is 0 Å². The summed E-state index contributed by atoms with van der Waals surface area (Å²) in [5, 5.41) is 3.42. The van der Waals surface area contributed by atoms with E-state index in [1.807, 2.05) is 6.07 Å². The number of nitrogens with one attached hydrogen (secondary N) is 1. The average molecular weight is 342 g/mol. The maximum Gasteiger partial charge on any atom is 0.133 e. The molecule has 3 nitrogen and oxygen atoms in total. The lowest BCUT2D eigenvalue weighted by molar-refractivity contribution is 0.0177. The summed E-state index contributed by atoms with van der Waals surface area (Å²) < 4.78 is 12.9. The number of ether oxygens (including phenoxy) is 2. The molecule has 1 aliphatic rings. The van der Waals surface area contributed by atoms with E-state index in [0.29, 0.717) is 18.8 Å². The Morgan fingerprint density at radius 2 is 2.10 bits per heavy atom. The number of benzene rings is 1. The van der Waals surface area contributed by atoms with E-state index in [4.69, 9.17) is 9.47 Å². The summed E-state index contributed by atoms with van der Waals surface area (Å²) in [6, 6.07) is 6.65. The zero-order valence-electron chi connectivity index (χ0n) is 12.5. The molecule has 0 spiro atoms. The summed E-state index contributed by atoms with van der Waals surface area (Å²) >= 11 is 3.53. The molecular formula is C16H24BrNO2. The van der Waals surface area contributed by atoms with Crippen LogP contribution >= 0.6 is 15.9 Å². The van der Waals surface area contributed by atoms with Gasteiger partial charge in [-0.2, -0.15) is 0 Å². The maximum absolute atomic E-state index is 5.99. The first-order chi connectivity index (χ1) is 9.54. The van der Waals surface area contributed by atoms with Gasteiger partial charge in [0.2, 0.25) is 0 Å². The fourth-order valence-corrected chi connectivity index (χ4v) is 2.93. The molecule has 4 heteroatoms. The Labute approximate surface area is 130 Å². The topological polar surface area (TPSA) is 30.5 Å². The first-order valence-corrected chi connectivity index (χ1v) is 8.11. The fourth-order valence-electron chi connectivity index (χ4n) is 2.33. The van der Waals surface area contributed by atoms with Crippen molar-refractivity contribution in [1.82, 2.24) is 5.32 Å². The van der Waals surface area contributed by atoms with Gasteiger partial charge >= 0.3 is 0 Å². The highest BCUT2D eigenvalue weighted by Gasteiger charge is 2.25. The lowest BCUT2D eigenvalue weighted by Crippen LogP contribution is -2.32. The van der Waals surface area contributed by atoms with E-state index in [-0.39, 0.29) is 6.10 Å². The molecule has 1 saturated heterocycles. The molecule has 1 fully saturated rings. The van der Waals surface area contributed by atoms with Gasteiger partial charge in [0, 0.05) is 12.6 Å². The predicted molar refractivity (Wildman–Crippen MR) is 85.4 cm³/mol. The highest BCUT2D eigenvalue weighted by molar-refractivity contribution is 9.10. The molecule has 0 aromatic heterocycles. The van der Waals surface area contributed by atoms with E-state index in [1.165, 1.54) is 5.56 Å². The molecule has 1 heterocycles. The summed E-state index contributed by atoms with van der Waals surface area (Å²) in [5.41, 5.74) is 1.22. The first-order valence-electron chi connectivity index (χ1n) is 7.32. The third-order valence-corrected chi connectivity index (χ3v) is 4.08. The zero-order chi connectivity index (χ0) is 14.5. The minimum atomic E-state index is 0.210. The van der Waals surface area contributed by atoms with Crippen molar-refractivity contribution in [3.8, 4) is 5.75 Å². The van der Waals surface area contributed by atoms with Crippen molar-refractivity contribution < 1.29 is 9.47 Å². The van der Waals surface area contributed by atoms with Gasteiger partial charge in [-0.05, 0) is 53.4 Å². The third-order valence-electron chi connectivity index (χ3n) is 3.46. The largest absolute Gasteiger partial charge is 0.490 e. The summed E-state index contributed by atoms with van der Waals surface area (Å²) in [4.78, 5) is 0. The number of hydrogen-bond donors (Lipinski definition) is 1. The zero-order valence-corrected chi connectivity index (χ0v) is 14.1. The van der Waals surface area contributed by atoms with Crippen LogP contribution in [0, 0.1) is 6.92 Å². The Kier molecular flexibility index (Phi) is 5.87. The van der Waals surface area contributed by atoms with Crippen molar-refractivity contribution in [3.63, 3.8) is 0 Å². The quantitative estimate of drug-likeness (QED) is 0.855. The van der Waals surface area contributed by atoms with Crippen molar-refractivity contribution in [3.05, 3.63) is 28.2 Å². The second-order valence-electron chi connectivity index (χ2n) is 5.77. The van der Waals surface area contributed by atoms with Crippen LogP contribution in [-0.2, 0) is 4.74 Å². The lowest BCUT2D eigenvalue weighted by Gasteiger charge is -2.17. The van der Waals surface area contributed by atoms with Crippen molar-refractivity contribution in [2.24, 2.45) is 0 Å². The van der Waals surface area contributed by atoms with E-state index in [2.05, 4.69) is 54.2 Å². The second-order valence-corrected chi connectivity index (χ2v) is 6.62. The number of halogens is 1. The average Bonchev–Trinajstić information content (AvgIpc) is 2.83. The Balaban J connectivity index is 1.75. The molecule has 1 N–H and O–H groups in total. The SMILES string of the molecule is Cc1ccc(OCC2CCC(CNC(C)C)O2)c(Br)c1. The lowest BCUT2D eigenvalue weighted by atomic mass is 10.2. The molecule has 2 atom stereocenters. The van der Waals surface area contributed by atoms with Gasteiger partial charge in [0.05, 0.1) is 16.7 Å². The molecule has 112 valence electrons. The van der Waals surface area contributed by atoms with E-state index < -0.39 is 0 Å². The van der Waals surface area contributed by atoms with Crippen LogP contribution in [0.3, 0.4) is 0 Å². The number of hydrogen-bond acceptors (Lipinski definition) is 3. The molecule has 20 heavy (non-hydrogen) atoms. The molecule has 0 saturated carbocycles. The molecule has 0 amide bonds.